The Labute approximate surface area is 475 Å². The number of aliphatic hydroxyl groups excluding tert-OH is 1. The van der Waals surface area contributed by atoms with Crippen LogP contribution in [0.5, 0.6) is 0 Å². The number of sulfonamides is 2. The first kappa shape index (κ1) is 64.6. The van der Waals surface area contributed by atoms with Crippen molar-refractivity contribution in [2.75, 3.05) is 22.9 Å². The number of rotatable bonds is 11. The van der Waals surface area contributed by atoms with Gasteiger partial charge in [-0.1, -0.05) is 34.8 Å². The quantitative estimate of drug-likeness (QED) is 0.0243. The number of halogens is 11. The number of aromatic nitrogens is 8. The molecule has 0 saturated heterocycles. The van der Waals surface area contributed by atoms with Crippen molar-refractivity contribution in [1.29, 1.82) is 0 Å². The second kappa shape index (κ2) is 27.6. The van der Waals surface area contributed by atoms with Crippen molar-refractivity contribution in [2.45, 2.75) is 49.0 Å². The van der Waals surface area contributed by atoms with E-state index >= 15 is 0 Å². The standard InChI is InChI=1S/C19H12Cl2F3N5O3S.C16H14ClF3N2O4S.C6H4IN3.C3H7.ClH.Mg/c20-9-5-15(29-33(31,32)10-1-2-14(21)13(6-10)19(22,23)24)16(26-7-9)17(30)11-3-4-25-18-12(11)8-27-28-18;1-10-5-15(14(8-23)21-7-10)22(9-26-2)27(24,25)11-3-4-13(17)12(6-11)16(18,19)20;7-5-1-2-8-6-4(5)3-9-10-6;1-3-2;;/h1-8,17,29-30H,(H,25,27,28);3-8H,9H2,1-2H3;1-3H,(H,8,9,10);3H,1-2H3;1H;/q;;;-1;;+2/p-1. The number of nitrogens with zero attached hydrogens (tertiary/aromatic N) is 7. The van der Waals surface area contributed by atoms with E-state index in [4.69, 9.17) is 39.5 Å². The third kappa shape index (κ3) is 16.2. The monoisotopic (exact) mass is 1290 g/mol. The number of H-pyrrole nitrogens is 2. The number of aldehydes is 1. The molecule has 1 atom stereocenters. The van der Waals surface area contributed by atoms with Crippen LogP contribution < -0.4 is 21.4 Å². The molecule has 8 aromatic rings. The largest absolute Gasteiger partial charge is 2.00 e. The first-order chi connectivity index (χ1) is 34.3. The van der Waals surface area contributed by atoms with Crippen LogP contribution in [-0.4, -0.2) is 105 Å². The molecule has 1 unspecified atom stereocenters. The summed E-state index contributed by atoms with van der Waals surface area (Å²) >= 11 is 19.3. The van der Waals surface area contributed by atoms with Gasteiger partial charge in [-0.05, 0) is 95.7 Å². The summed E-state index contributed by atoms with van der Waals surface area (Å²) < 4.78 is 139. The first-order valence-electron chi connectivity index (χ1n) is 20.3. The fraction of sp³-hybridized carbons (Fsp3) is 0.182. The van der Waals surface area contributed by atoms with Crippen molar-refractivity contribution in [1.82, 2.24) is 40.3 Å². The number of hydrogen-bond acceptors (Lipinski definition) is 13. The van der Waals surface area contributed by atoms with Gasteiger partial charge >= 0.3 is 35.4 Å². The van der Waals surface area contributed by atoms with Gasteiger partial charge in [0.1, 0.15) is 18.5 Å². The molecule has 6 aromatic heterocycles. The molecule has 0 fully saturated rings. The van der Waals surface area contributed by atoms with Gasteiger partial charge in [-0.25, -0.2) is 31.1 Å². The number of ether oxygens (including phenoxy) is 1. The summed E-state index contributed by atoms with van der Waals surface area (Å²) in [5.41, 5.74) is -1.20. The second-order valence-corrected chi connectivity index (χ2v) is 20.7. The predicted molar refractivity (Wildman–Crippen MR) is 275 cm³/mol. The van der Waals surface area contributed by atoms with Gasteiger partial charge in [0.05, 0.1) is 70.8 Å². The molecule has 0 spiro atoms. The third-order valence-electron chi connectivity index (χ3n) is 9.42. The van der Waals surface area contributed by atoms with Crippen LogP contribution in [0, 0.1) is 16.9 Å². The molecule has 31 heteroatoms. The number of aliphatic hydroxyl groups is 1. The van der Waals surface area contributed by atoms with Crippen molar-refractivity contribution in [3.05, 3.63) is 157 Å². The van der Waals surface area contributed by atoms with E-state index in [2.05, 4.69) is 67.6 Å². The number of carbonyl (C=O) groups excluding carboxylic acids is 1. The molecule has 8 rings (SSSR count). The molecular formula is C44H37Cl4F6IMgN10O7S2. The number of methoxy groups -OCH3 is 1. The minimum absolute atomic E-state index is 0. The maximum absolute atomic E-state index is 13.2. The van der Waals surface area contributed by atoms with E-state index in [-0.39, 0.29) is 63.2 Å². The minimum Gasteiger partial charge on any atom is -1.00 e. The Morgan fingerprint density at radius 3 is 1.88 bits per heavy atom. The second-order valence-electron chi connectivity index (χ2n) is 14.7. The minimum atomic E-state index is -4.86. The molecule has 0 saturated carbocycles. The first-order valence-corrected chi connectivity index (χ1v) is 25.4. The summed E-state index contributed by atoms with van der Waals surface area (Å²) in [6.45, 7) is 5.07. The molecule has 6 heterocycles. The van der Waals surface area contributed by atoms with Crippen molar-refractivity contribution >= 4 is 140 Å². The Bertz CT molecular complexity index is 3480. The number of fused-ring (bicyclic) bond motifs is 2. The summed E-state index contributed by atoms with van der Waals surface area (Å²) in [5.74, 6) is 0. The molecule has 0 aliphatic rings. The van der Waals surface area contributed by atoms with E-state index in [1.807, 2.05) is 26.3 Å². The van der Waals surface area contributed by atoms with E-state index < -0.39 is 76.2 Å². The van der Waals surface area contributed by atoms with Crippen molar-refractivity contribution in [3.63, 3.8) is 0 Å². The van der Waals surface area contributed by atoms with Crippen LogP contribution >= 0.6 is 57.4 Å². The Kier molecular flexibility index (Phi) is 23.7. The number of aromatic amines is 2. The normalized spacial score (nSPS) is 11.8. The topological polar surface area (TPSA) is 239 Å². The fourth-order valence-corrected chi connectivity index (χ4v) is 9.83. The maximum atomic E-state index is 13.2. The number of benzene rings is 2. The van der Waals surface area contributed by atoms with E-state index in [0.29, 0.717) is 44.9 Å². The molecule has 0 radical (unpaired) electrons. The van der Waals surface area contributed by atoms with E-state index in [1.165, 1.54) is 53.7 Å². The Balaban J connectivity index is 0.000000315. The molecule has 17 nitrogen and oxygen atoms in total. The number of nitrogens with one attached hydrogen (secondary N) is 3. The van der Waals surface area contributed by atoms with Gasteiger partial charge in [0.15, 0.2) is 17.6 Å². The number of aryl methyl sites for hydroxylation is 1. The molecule has 0 bridgehead atoms. The van der Waals surface area contributed by atoms with Crippen LogP contribution in [-0.2, 0) is 37.1 Å². The number of hydrogen-bond donors (Lipinski definition) is 4. The third-order valence-corrected chi connectivity index (χ3v) is 14.3. The van der Waals surface area contributed by atoms with E-state index in [9.17, 15) is 53.1 Å². The van der Waals surface area contributed by atoms with Crippen molar-refractivity contribution in [3.8, 4) is 0 Å². The van der Waals surface area contributed by atoms with Gasteiger partial charge in [-0.15, -0.1) is 0 Å². The number of carbonyl (C=O) groups is 1. The van der Waals surface area contributed by atoms with Crippen LogP contribution in [0.1, 0.15) is 58.4 Å². The average molecular weight is 1290 g/mol. The summed E-state index contributed by atoms with van der Waals surface area (Å²) in [6.07, 6.45) is 0.122. The smallest absolute Gasteiger partial charge is 1.00 e. The van der Waals surface area contributed by atoms with Gasteiger partial charge in [0.25, 0.3) is 20.0 Å². The van der Waals surface area contributed by atoms with E-state index in [0.717, 1.165) is 35.3 Å². The Morgan fingerprint density at radius 1 is 0.800 bits per heavy atom. The Morgan fingerprint density at radius 2 is 1.33 bits per heavy atom. The zero-order valence-corrected chi connectivity index (χ0v) is 47.1. The molecule has 0 aliphatic heterocycles. The van der Waals surface area contributed by atoms with Crippen LogP contribution in [0.15, 0.2) is 108 Å². The van der Waals surface area contributed by atoms with Gasteiger partial charge in [0, 0.05) is 46.4 Å². The van der Waals surface area contributed by atoms with Crippen molar-refractivity contribution < 1.29 is 70.2 Å². The number of anilines is 2. The van der Waals surface area contributed by atoms with Gasteiger partial charge < -0.3 is 28.7 Å². The van der Waals surface area contributed by atoms with Crippen LogP contribution in [0.2, 0.25) is 15.1 Å². The molecule has 75 heavy (non-hydrogen) atoms. The summed E-state index contributed by atoms with van der Waals surface area (Å²) in [7, 11) is -7.86. The molecule has 4 N–H and O–H groups in total. The Hall–Kier alpha value is -4.69. The fourth-order valence-electron chi connectivity index (χ4n) is 6.17. The van der Waals surface area contributed by atoms with Crippen molar-refractivity contribution in [2.24, 2.45) is 0 Å². The number of pyridine rings is 4. The van der Waals surface area contributed by atoms with Gasteiger partial charge in [-0.2, -0.15) is 50.4 Å². The summed E-state index contributed by atoms with van der Waals surface area (Å²) in [5, 5.41) is 24.4. The number of alkyl halides is 6. The zero-order valence-electron chi connectivity index (χ0n) is 38.9. The van der Waals surface area contributed by atoms with Gasteiger partial charge in [0.2, 0.25) is 0 Å². The predicted octanol–water partition coefficient (Wildman–Crippen LogP) is 7.65. The molecule has 396 valence electrons. The van der Waals surface area contributed by atoms with Crippen LogP contribution in [0.25, 0.3) is 22.1 Å². The average Bonchev–Trinajstić information content (AvgIpc) is 4.02. The SMILES string of the molecule is COCN(c1cc(C)cnc1C=O)S(=O)(=O)c1ccc(Cl)c(C(F)(F)F)c1.C[CH-]C.Ic1ccnc2[nH]ncc12.O=S(=O)(Nc1cc(Cl)cnc1C(O)c1ccnc2[nH]ncc12)c1ccc(Cl)c(C(F)(F)F)c1.[Cl-].[Mg+2]. The molecular weight excluding hydrogens is 1250 g/mol. The molecule has 0 aliphatic carbocycles. The summed E-state index contributed by atoms with van der Waals surface area (Å²) in [4.78, 5) is 25.9. The van der Waals surface area contributed by atoms with E-state index in [1.54, 1.807) is 19.3 Å². The summed E-state index contributed by atoms with van der Waals surface area (Å²) in [6, 6.07) is 10.4. The molecule has 2 aromatic carbocycles. The van der Waals surface area contributed by atoms with Crippen LogP contribution in [0.3, 0.4) is 0 Å². The maximum Gasteiger partial charge on any atom is 2.00 e. The van der Waals surface area contributed by atoms with Gasteiger partial charge in [-0.3, -0.25) is 29.7 Å². The van der Waals surface area contributed by atoms with Crippen LogP contribution in [0.4, 0.5) is 37.7 Å². The molecule has 0 amide bonds. The zero-order chi connectivity index (χ0) is 54.1.